The van der Waals surface area contributed by atoms with E-state index in [-0.39, 0.29) is 24.1 Å². The monoisotopic (exact) mass is 296 g/mol. The van der Waals surface area contributed by atoms with Crippen LogP contribution in [0.2, 0.25) is 0 Å². The minimum absolute atomic E-state index is 0.0531. The molecule has 118 valence electrons. The van der Waals surface area contributed by atoms with Crippen molar-refractivity contribution in [2.75, 3.05) is 27.2 Å². The van der Waals surface area contributed by atoms with Gasteiger partial charge in [-0.1, -0.05) is 6.08 Å². The smallest absolute Gasteiger partial charge is 0.411 e. The minimum Gasteiger partial charge on any atom is -0.466 e. The Bertz CT molecular complexity index is 467. The molecule has 2 aliphatic rings. The summed E-state index contributed by atoms with van der Waals surface area (Å²) in [6.45, 7) is 6.98. The SMILES string of the molecule is COC(=O)C1=C[C@H]2CN(C)C[C@@H](C1)N2C(=O)OC(C)(C)C. The highest BCUT2D eigenvalue weighted by Crippen LogP contribution is 2.29. The van der Waals surface area contributed by atoms with Gasteiger partial charge in [-0.2, -0.15) is 0 Å². The lowest BCUT2D eigenvalue weighted by Gasteiger charge is -2.47. The van der Waals surface area contributed by atoms with E-state index in [9.17, 15) is 9.59 Å². The second kappa shape index (κ2) is 5.67. The number of hydrogen-bond donors (Lipinski definition) is 0. The number of fused-ring (bicyclic) bond motifs is 2. The largest absolute Gasteiger partial charge is 0.466 e. The highest BCUT2D eigenvalue weighted by molar-refractivity contribution is 5.89. The molecule has 0 aromatic heterocycles. The van der Waals surface area contributed by atoms with Crippen LogP contribution in [0.1, 0.15) is 27.2 Å². The molecule has 1 fully saturated rings. The molecule has 6 heteroatoms. The zero-order chi connectivity index (χ0) is 15.8. The Morgan fingerprint density at radius 1 is 1.29 bits per heavy atom. The average molecular weight is 296 g/mol. The van der Waals surface area contributed by atoms with Crippen molar-refractivity contribution in [3.8, 4) is 0 Å². The zero-order valence-corrected chi connectivity index (χ0v) is 13.4. The van der Waals surface area contributed by atoms with Gasteiger partial charge in [-0.3, -0.25) is 4.90 Å². The van der Waals surface area contributed by atoms with Gasteiger partial charge in [0, 0.05) is 25.1 Å². The molecule has 1 saturated heterocycles. The second-order valence-corrected chi connectivity index (χ2v) is 6.72. The van der Waals surface area contributed by atoms with E-state index in [1.165, 1.54) is 7.11 Å². The van der Waals surface area contributed by atoms with Gasteiger partial charge in [0.25, 0.3) is 0 Å². The molecule has 1 amide bonds. The molecular weight excluding hydrogens is 272 g/mol. The lowest BCUT2D eigenvalue weighted by atomic mass is 9.92. The van der Waals surface area contributed by atoms with E-state index in [1.807, 2.05) is 33.9 Å². The number of likely N-dealkylation sites (N-methyl/N-ethyl adjacent to an activating group) is 1. The predicted molar refractivity (Wildman–Crippen MR) is 77.9 cm³/mol. The lowest BCUT2D eigenvalue weighted by Crippen LogP contribution is -2.61. The fourth-order valence-electron chi connectivity index (χ4n) is 2.93. The fraction of sp³-hybridized carbons (Fsp3) is 0.733. The quantitative estimate of drug-likeness (QED) is 0.685. The van der Waals surface area contributed by atoms with Crippen LogP contribution in [-0.2, 0) is 14.3 Å². The van der Waals surface area contributed by atoms with Crippen molar-refractivity contribution in [3.63, 3.8) is 0 Å². The Morgan fingerprint density at radius 3 is 2.48 bits per heavy atom. The number of carbonyl (C=O) groups is 2. The Morgan fingerprint density at radius 2 is 1.95 bits per heavy atom. The summed E-state index contributed by atoms with van der Waals surface area (Å²) in [6.07, 6.45) is 2.03. The van der Waals surface area contributed by atoms with Crippen molar-refractivity contribution < 1.29 is 19.1 Å². The number of methoxy groups -OCH3 is 1. The van der Waals surface area contributed by atoms with Crippen LogP contribution in [0.4, 0.5) is 4.79 Å². The zero-order valence-electron chi connectivity index (χ0n) is 13.4. The lowest BCUT2D eigenvalue weighted by molar-refractivity contribution is -0.137. The predicted octanol–water partition coefficient (Wildman–Crippen LogP) is 1.41. The van der Waals surface area contributed by atoms with Crippen molar-refractivity contribution in [1.82, 2.24) is 9.80 Å². The van der Waals surface area contributed by atoms with E-state index < -0.39 is 5.60 Å². The highest BCUT2D eigenvalue weighted by Gasteiger charge is 2.42. The number of piperazine rings is 1. The number of hydrogen-bond acceptors (Lipinski definition) is 5. The van der Waals surface area contributed by atoms with Crippen LogP contribution in [0.15, 0.2) is 11.6 Å². The number of ether oxygens (including phenoxy) is 2. The molecule has 0 spiro atoms. The molecule has 2 bridgehead atoms. The third kappa shape index (κ3) is 3.56. The van der Waals surface area contributed by atoms with Crippen LogP contribution in [-0.4, -0.2) is 66.8 Å². The molecule has 0 unspecified atom stereocenters. The molecule has 0 aliphatic carbocycles. The van der Waals surface area contributed by atoms with E-state index in [4.69, 9.17) is 9.47 Å². The molecule has 0 radical (unpaired) electrons. The van der Waals surface area contributed by atoms with Crippen molar-refractivity contribution >= 4 is 12.1 Å². The van der Waals surface area contributed by atoms with Crippen molar-refractivity contribution in [1.29, 1.82) is 0 Å². The molecule has 2 atom stereocenters. The normalized spacial score (nSPS) is 26.1. The average Bonchev–Trinajstić information content (AvgIpc) is 2.33. The first-order valence-corrected chi connectivity index (χ1v) is 7.20. The summed E-state index contributed by atoms with van der Waals surface area (Å²) in [5.74, 6) is -0.307. The van der Waals surface area contributed by atoms with Gasteiger partial charge in [0.15, 0.2) is 0 Å². The standard InChI is InChI=1S/C15H24N2O4/c1-15(2,3)21-14(19)17-11-6-10(13(18)20-5)7-12(17)9-16(4)8-11/h6,11-12H,7-9H2,1-5H3/t11-,12+/m0/s1. The van der Waals surface area contributed by atoms with Gasteiger partial charge in [-0.25, -0.2) is 9.59 Å². The van der Waals surface area contributed by atoms with Gasteiger partial charge in [-0.15, -0.1) is 0 Å². The number of amides is 1. The van der Waals surface area contributed by atoms with E-state index in [2.05, 4.69) is 4.90 Å². The van der Waals surface area contributed by atoms with Crippen molar-refractivity contribution in [2.45, 2.75) is 44.9 Å². The van der Waals surface area contributed by atoms with E-state index in [0.29, 0.717) is 18.5 Å². The minimum atomic E-state index is -0.524. The van der Waals surface area contributed by atoms with E-state index in [0.717, 1.165) is 6.54 Å². The summed E-state index contributed by atoms with van der Waals surface area (Å²) in [4.78, 5) is 28.1. The molecule has 6 nitrogen and oxygen atoms in total. The van der Waals surface area contributed by atoms with Crippen molar-refractivity contribution in [3.05, 3.63) is 11.6 Å². The second-order valence-electron chi connectivity index (χ2n) is 6.72. The first-order valence-electron chi connectivity index (χ1n) is 7.20. The van der Waals surface area contributed by atoms with Gasteiger partial charge >= 0.3 is 12.1 Å². The summed E-state index contributed by atoms with van der Waals surface area (Å²) in [5, 5.41) is 0. The Hall–Kier alpha value is -1.56. The van der Waals surface area contributed by atoms with Gasteiger partial charge in [0.2, 0.25) is 0 Å². The first kappa shape index (κ1) is 15.8. The summed E-state index contributed by atoms with van der Waals surface area (Å²) >= 11 is 0. The highest BCUT2D eigenvalue weighted by atomic mass is 16.6. The van der Waals surface area contributed by atoms with Gasteiger partial charge in [0.1, 0.15) is 5.60 Å². The third-order valence-corrected chi connectivity index (χ3v) is 3.67. The number of nitrogens with zero attached hydrogens (tertiary/aromatic N) is 2. The van der Waals surface area contributed by atoms with Crippen molar-refractivity contribution in [2.24, 2.45) is 0 Å². The molecule has 2 aliphatic heterocycles. The van der Waals surface area contributed by atoms with Gasteiger partial charge in [-0.05, 0) is 27.8 Å². The van der Waals surface area contributed by atoms with E-state index >= 15 is 0 Å². The van der Waals surface area contributed by atoms with Crippen LogP contribution < -0.4 is 0 Å². The molecular formula is C15H24N2O4. The maximum atomic E-state index is 12.4. The van der Waals surface area contributed by atoms with Crippen LogP contribution in [0.5, 0.6) is 0 Å². The fourth-order valence-corrected chi connectivity index (χ4v) is 2.93. The van der Waals surface area contributed by atoms with Crippen LogP contribution in [0.3, 0.4) is 0 Å². The Kier molecular flexibility index (Phi) is 4.27. The molecule has 2 heterocycles. The van der Waals surface area contributed by atoms with Crippen LogP contribution >= 0.6 is 0 Å². The maximum Gasteiger partial charge on any atom is 0.411 e. The summed E-state index contributed by atoms with van der Waals surface area (Å²) in [5.41, 5.74) is 0.129. The van der Waals surface area contributed by atoms with Crippen LogP contribution in [0, 0.1) is 0 Å². The molecule has 2 rings (SSSR count). The Balaban J connectivity index is 2.22. The Labute approximate surface area is 125 Å². The number of rotatable bonds is 1. The summed E-state index contributed by atoms with van der Waals surface area (Å²) in [7, 11) is 3.40. The van der Waals surface area contributed by atoms with Gasteiger partial charge in [0.05, 0.1) is 19.2 Å². The van der Waals surface area contributed by atoms with E-state index in [1.54, 1.807) is 4.90 Å². The molecule has 0 saturated carbocycles. The van der Waals surface area contributed by atoms with Crippen LogP contribution in [0.25, 0.3) is 0 Å². The topological polar surface area (TPSA) is 59.1 Å². The first-order chi connectivity index (χ1) is 9.71. The number of esters is 1. The summed E-state index contributed by atoms with van der Waals surface area (Å²) in [6, 6.07) is -0.200. The maximum absolute atomic E-state index is 12.4. The molecule has 21 heavy (non-hydrogen) atoms. The molecule has 0 N–H and O–H groups in total. The van der Waals surface area contributed by atoms with Gasteiger partial charge < -0.3 is 14.4 Å². The molecule has 0 aromatic rings. The number of carbonyl (C=O) groups excluding carboxylic acids is 2. The molecule has 0 aromatic carbocycles. The summed E-state index contributed by atoms with van der Waals surface area (Å²) < 4.78 is 10.3. The third-order valence-electron chi connectivity index (χ3n) is 3.67.